The van der Waals surface area contributed by atoms with Gasteiger partial charge in [0.15, 0.2) is 0 Å². The second-order valence-electron chi connectivity index (χ2n) is 6.95. The zero-order chi connectivity index (χ0) is 13.8. The first-order valence-electron chi connectivity index (χ1n) is 7.08. The normalized spacial score (nSPS) is 22.6. The van der Waals surface area contributed by atoms with Crippen LogP contribution in [0.25, 0.3) is 11.0 Å². The Kier molecular flexibility index (Phi) is 2.59. The van der Waals surface area contributed by atoms with Gasteiger partial charge in [0.25, 0.3) is 0 Å². The molecule has 1 saturated carbocycles. The largest absolute Gasteiger partial charge is 0.459 e. The monoisotopic (exact) mass is 257 g/mol. The SMILES string of the molecule is CC(NC1C(C)(C)C1(C)C)c1cc2ccccc2o1. The Morgan fingerprint density at radius 1 is 1.11 bits per heavy atom. The van der Waals surface area contributed by atoms with Gasteiger partial charge in [-0.1, -0.05) is 45.9 Å². The number of para-hydroxylation sites is 1. The van der Waals surface area contributed by atoms with Crippen molar-refractivity contribution in [2.24, 2.45) is 10.8 Å². The molecular formula is C17H23NO. The molecule has 1 fully saturated rings. The Hall–Kier alpha value is -1.28. The number of rotatable bonds is 3. The van der Waals surface area contributed by atoms with Crippen molar-refractivity contribution in [3.63, 3.8) is 0 Å². The van der Waals surface area contributed by atoms with Gasteiger partial charge in [-0.3, -0.25) is 0 Å². The molecule has 3 rings (SSSR count). The van der Waals surface area contributed by atoms with E-state index < -0.39 is 0 Å². The highest BCUT2D eigenvalue weighted by atomic mass is 16.3. The van der Waals surface area contributed by atoms with Gasteiger partial charge in [0, 0.05) is 11.4 Å². The first kappa shape index (κ1) is 12.7. The van der Waals surface area contributed by atoms with Crippen molar-refractivity contribution in [3.8, 4) is 0 Å². The van der Waals surface area contributed by atoms with Crippen LogP contribution in [0, 0.1) is 10.8 Å². The van der Waals surface area contributed by atoms with Crippen LogP contribution in [0.1, 0.15) is 46.4 Å². The topological polar surface area (TPSA) is 25.2 Å². The lowest BCUT2D eigenvalue weighted by atomic mass is 10.0. The van der Waals surface area contributed by atoms with Crippen molar-refractivity contribution in [1.29, 1.82) is 0 Å². The molecule has 1 heterocycles. The molecule has 1 aliphatic carbocycles. The van der Waals surface area contributed by atoms with Crippen molar-refractivity contribution >= 4 is 11.0 Å². The third-order valence-electron chi connectivity index (χ3n) is 5.31. The molecule has 0 bridgehead atoms. The maximum atomic E-state index is 5.93. The number of benzene rings is 1. The third kappa shape index (κ3) is 1.81. The summed E-state index contributed by atoms with van der Waals surface area (Å²) in [5.74, 6) is 1.03. The van der Waals surface area contributed by atoms with Gasteiger partial charge in [-0.15, -0.1) is 0 Å². The van der Waals surface area contributed by atoms with Crippen molar-refractivity contribution < 1.29 is 4.42 Å². The van der Waals surface area contributed by atoms with Gasteiger partial charge in [-0.2, -0.15) is 0 Å². The van der Waals surface area contributed by atoms with Gasteiger partial charge in [0.1, 0.15) is 11.3 Å². The Bertz CT molecular complexity index is 562. The molecule has 1 atom stereocenters. The summed E-state index contributed by atoms with van der Waals surface area (Å²) >= 11 is 0. The van der Waals surface area contributed by atoms with Crippen molar-refractivity contribution in [2.75, 3.05) is 0 Å². The van der Waals surface area contributed by atoms with E-state index in [1.165, 1.54) is 5.39 Å². The number of nitrogens with one attached hydrogen (secondary N) is 1. The summed E-state index contributed by atoms with van der Waals surface area (Å²) in [4.78, 5) is 0. The molecule has 1 aliphatic rings. The predicted octanol–water partition coefficient (Wildman–Crippen LogP) is 4.52. The van der Waals surface area contributed by atoms with Crippen LogP contribution in [0.5, 0.6) is 0 Å². The number of hydrogen-bond donors (Lipinski definition) is 1. The molecule has 102 valence electrons. The highest BCUT2D eigenvalue weighted by molar-refractivity contribution is 5.77. The van der Waals surface area contributed by atoms with E-state index in [9.17, 15) is 0 Å². The molecule has 2 heteroatoms. The van der Waals surface area contributed by atoms with Crippen LogP contribution in [-0.4, -0.2) is 6.04 Å². The Morgan fingerprint density at radius 3 is 2.32 bits per heavy atom. The molecule has 2 aromatic rings. The van der Waals surface area contributed by atoms with E-state index in [0.717, 1.165) is 11.3 Å². The minimum absolute atomic E-state index is 0.249. The van der Waals surface area contributed by atoms with Gasteiger partial charge >= 0.3 is 0 Å². The minimum atomic E-state index is 0.249. The Balaban J connectivity index is 1.80. The van der Waals surface area contributed by atoms with E-state index in [1.807, 2.05) is 18.2 Å². The standard InChI is InChI=1S/C17H23NO/c1-11(18-15-16(2,3)17(15,4)5)14-10-12-8-6-7-9-13(12)19-14/h6-11,15,18H,1-5H3. The van der Waals surface area contributed by atoms with Crippen LogP contribution in [0.3, 0.4) is 0 Å². The van der Waals surface area contributed by atoms with E-state index in [2.05, 4.69) is 52.1 Å². The van der Waals surface area contributed by atoms with Gasteiger partial charge in [0.2, 0.25) is 0 Å². The Morgan fingerprint density at radius 2 is 1.74 bits per heavy atom. The minimum Gasteiger partial charge on any atom is -0.459 e. The maximum Gasteiger partial charge on any atom is 0.134 e. The summed E-state index contributed by atoms with van der Waals surface area (Å²) in [6.07, 6.45) is 0. The first-order chi connectivity index (χ1) is 8.84. The van der Waals surface area contributed by atoms with E-state index in [0.29, 0.717) is 16.9 Å². The third-order valence-corrected chi connectivity index (χ3v) is 5.31. The first-order valence-corrected chi connectivity index (χ1v) is 7.08. The average molecular weight is 257 g/mol. The fraction of sp³-hybridized carbons (Fsp3) is 0.529. The van der Waals surface area contributed by atoms with Crippen LogP contribution in [0.15, 0.2) is 34.7 Å². The molecule has 0 amide bonds. The smallest absolute Gasteiger partial charge is 0.134 e. The number of furan rings is 1. The zero-order valence-electron chi connectivity index (χ0n) is 12.4. The lowest BCUT2D eigenvalue weighted by Gasteiger charge is -2.12. The molecule has 0 aliphatic heterocycles. The maximum absolute atomic E-state index is 5.93. The highest BCUT2D eigenvalue weighted by Gasteiger charge is 2.64. The van der Waals surface area contributed by atoms with E-state index in [-0.39, 0.29) is 6.04 Å². The lowest BCUT2D eigenvalue weighted by Crippen LogP contribution is -2.25. The summed E-state index contributed by atoms with van der Waals surface area (Å²) in [6, 6.07) is 11.1. The molecule has 0 radical (unpaired) electrons. The van der Waals surface area contributed by atoms with E-state index in [1.54, 1.807) is 0 Å². The molecule has 19 heavy (non-hydrogen) atoms. The molecule has 2 nitrogen and oxygen atoms in total. The lowest BCUT2D eigenvalue weighted by molar-refractivity contribution is 0.422. The van der Waals surface area contributed by atoms with Crippen LogP contribution >= 0.6 is 0 Å². The quantitative estimate of drug-likeness (QED) is 0.874. The molecular weight excluding hydrogens is 234 g/mol. The fourth-order valence-electron chi connectivity index (χ4n) is 3.16. The molecule has 1 unspecified atom stereocenters. The molecule has 0 saturated heterocycles. The predicted molar refractivity (Wildman–Crippen MR) is 79.1 cm³/mol. The Labute approximate surface area is 115 Å². The zero-order valence-corrected chi connectivity index (χ0v) is 12.4. The van der Waals surface area contributed by atoms with Gasteiger partial charge in [-0.25, -0.2) is 0 Å². The van der Waals surface area contributed by atoms with Gasteiger partial charge in [0.05, 0.1) is 6.04 Å². The summed E-state index contributed by atoms with van der Waals surface area (Å²) in [6.45, 7) is 11.5. The molecule has 0 spiro atoms. The second kappa shape index (κ2) is 3.86. The van der Waals surface area contributed by atoms with Gasteiger partial charge < -0.3 is 9.73 Å². The van der Waals surface area contributed by atoms with E-state index >= 15 is 0 Å². The molecule has 1 N–H and O–H groups in total. The van der Waals surface area contributed by atoms with Crippen molar-refractivity contribution in [3.05, 3.63) is 36.1 Å². The average Bonchev–Trinajstić information content (AvgIpc) is 2.73. The molecule has 1 aromatic heterocycles. The highest BCUT2D eigenvalue weighted by Crippen LogP contribution is 2.63. The summed E-state index contributed by atoms with van der Waals surface area (Å²) in [7, 11) is 0. The van der Waals surface area contributed by atoms with Crippen LogP contribution in [0.4, 0.5) is 0 Å². The summed E-state index contributed by atoms with van der Waals surface area (Å²) in [5.41, 5.74) is 1.68. The van der Waals surface area contributed by atoms with Crippen LogP contribution in [-0.2, 0) is 0 Å². The van der Waals surface area contributed by atoms with Crippen LogP contribution < -0.4 is 5.32 Å². The van der Waals surface area contributed by atoms with Crippen molar-refractivity contribution in [2.45, 2.75) is 46.7 Å². The van der Waals surface area contributed by atoms with Crippen molar-refractivity contribution in [1.82, 2.24) is 5.32 Å². The van der Waals surface area contributed by atoms with Crippen LogP contribution in [0.2, 0.25) is 0 Å². The molecule has 1 aromatic carbocycles. The summed E-state index contributed by atoms with van der Waals surface area (Å²) in [5, 5.41) is 4.90. The van der Waals surface area contributed by atoms with E-state index in [4.69, 9.17) is 4.42 Å². The second-order valence-corrected chi connectivity index (χ2v) is 6.95. The van der Waals surface area contributed by atoms with Gasteiger partial charge in [-0.05, 0) is 29.9 Å². The summed E-state index contributed by atoms with van der Waals surface area (Å²) < 4.78 is 5.93. The number of fused-ring (bicyclic) bond motifs is 1. The fourth-order valence-corrected chi connectivity index (χ4v) is 3.16. The number of hydrogen-bond acceptors (Lipinski definition) is 2.